The van der Waals surface area contributed by atoms with Crippen LogP contribution in [0, 0.1) is 6.92 Å². The highest BCUT2D eigenvalue weighted by atomic mass is 16.1. The monoisotopic (exact) mass is 288 g/mol. The molecule has 0 aliphatic heterocycles. The van der Waals surface area contributed by atoms with E-state index in [0.29, 0.717) is 17.2 Å². The van der Waals surface area contributed by atoms with E-state index in [0.717, 1.165) is 11.4 Å². The first-order chi connectivity index (χ1) is 9.90. The van der Waals surface area contributed by atoms with Crippen molar-refractivity contribution in [3.05, 3.63) is 35.2 Å². The number of nitrogens with two attached hydrogens (primary N) is 1. The van der Waals surface area contributed by atoms with Gasteiger partial charge in [-0.15, -0.1) is 0 Å². The molecule has 0 radical (unpaired) electrons. The van der Waals surface area contributed by atoms with Crippen molar-refractivity contribution in [1.82, 2.24) is 14.8 Å². The molecule has 7 heteroatoms. The number of hydrogen-bond acceptors (Lipinski definition) is 5. The molecule has 112 valence electrons. The third-order valence-corrected chi connectivity index (χ3v) is 3.09. The molecular weight excluding hydrogens is 268 g/mol. The molecule has 4 N–H and O–H groups in total. The minimum absolute atomic E-state index is 0.198. The Morgan fingerprint density at radius 1 is 1.33 bits per heavy atom. The molecule has 2 aromatic rings. The van der Waals surface area contributed by atoms with Gasteiger partial charge in [0.25, 0.3) is 5.91 Å². The maximum Gasteiger partial charge on any atom is 0.257 e. The van der Waals surface area contributed by atoms with Gasteiger partial charge in [-0.05, 0) is 25.0 Å². The summed E-state index contributed by atoms with van der Waals surface area (Å²) in [6.07, 6.45) is 0. The second-order valence-corrected chi connectivity index (χ2v) is 5.21. The number of pyridine rings is 1. The third-order valence-electron chi connectivity index (χ3n) is 3.09. The largest absolute Gasteiger partial charge is 0.308 e. The van der Waals surface area contributed by atoms with E-state index < -0.39 is 0 Å². The number of hydrogen-bond donors (Lipinski definition) is 3. The van der Waals surface area contributed by atoms with Gasteiger partial charge < -0.3 is 10.7 Å². The van der Waals surface area contributed by atoms with Crippen LogP contribution in [-0.4, -0.2) is 20.7 Å². The van der Waals surface area contributed by atoms with Crippen LogP contribution in [-0.2, 0) is 7.05 Å². The van der Waals surface area contributed by atoms with Crippen LogP contribution in [0.4, 0.5) is 11.6 Å². The predicted molar refractivity (Wildman–Crippen MR) is 82.0 cm³/mol. The van der Waals surface area contributed by atoms with E-state index in [-0.39, 0.29) is 11.8 Å². The fraction of sp³-hybridized carbons (Fsp3) is 0.357. The lowest BCUT2D eigenvalue weighted by molar-refractivity contribution is 0.102. The minimum Gasteiger partial charge on any atom is -0.308 e. The van der Waals surface area contributed by atoms with Gasteiger partial charge in [-0.25, -0.2) is 10.8 Å². The fourth-order valence-electron chi connectivity index (χ4n) is 1.97. The Labute approximate surface area is 123 Å². The van der Waals surface area contributed by atoms with E-state index in [4.69, 9.17) is 5.84 Å². The first-order valence-corrected chi connectivity index (χ1v) is 6.71. The first-order valence-electron chi connectivity index (χ1n) is 6.71. The number of aryl methyl sites for hydroxylation is 2. The standard InChI is InChI=1S/C14H20N6O/c1-8(2)11-6-10(7-12(16-11)18-15)14(21)17-13-5-9(3)19-20(13)4/h5-8H,15H2,1-4H3,(H,16,18)(H,17,21). The lowest BCUT2D eigenvalue weighted by Gasteiger charge is -2.11. The zero-order valence-corrected chi connectivity index (χ0v) is 12.6. The average molecular weight is 288 g/mol. The van der Waals surface area contributed by atoms with Crippen molar-refractivity contribution < 1.29 is 4.79 Å². The van der Waals surface area contributed by atoms with Gasteiger partial charge in [0.05, 0.1) is 5.69 Å². The Balaban J connectivity index is 2.30. The van der Waals surface area contributed by atoms with E-state index in [1.807, 2.05) is 26.8 Å². The molecule has 0 unspecified atom stereocenters. The highest BCUT2D eigenvalue weighted by Gasteiger charge is 2.13. The van der Waals surface area contributed by atoms with Crippen molar-refractivity contribution in [1.29, 1.82) is 0 Å². The number of nitrogens with zero attached hydrogens (tertiary/aromatic N) is 3. The van der Waals surface area contributed by atoms with Crippen LogP contribution in [0.25, 0.3) is 0 Å². The predicted octanol–water partition coefficient (Wildman–Crippen LogP) is 1.78. The highest BCUT2D eigenvalue weighted by Crippen LogP contribution is 2.18. The summed E-state index contributed by atoms with van der Waals surface area (Å²) in [7, 11) is 1.78. The van der Waals surface area contributed by atoms with Gasteiger partial charge in [0, 0.05) is 24.4 Å². The number of carbonyl (C=O) groups is 1. The molecule has 0 saturated carbocycles. The molecule has 0 aromatic carbocycles. The van der Waals surface area contributed by atoms with E-state index in [1.54, 1.807) is 23.9 Å². The second-order valence-electron chi connectivity index (χ2n) is 5.21. The molecule has 0 saturated heterocycles. The van der Waals surface area contributed by atoms with E-state index in [2.05, 4.69) is 20.8 Å². The Bertz CT molecular complexity index is 661. The van der Waals surface area contributed by atoms with Gasteiger partial charge in [-0.1, -0.05) is 13.8 Å². The van der Waals surface area contributed by atoms with E-state index >= 15 is 0 Å². The molecule has 2 rings (SSSR count). The van der Waals surface area contributed by atoms with E-state index in [9.17, 15) is 4.79 Å². The molecule has 0 fully saturated rings. The number of anilines is 2. The van der Waals surface area contributed by atoms with Crippen molar-refractivity contribution in [2.45, 2.75) is 26.7 Å². The second kappa shape index (κ2) is 5.92. The van der Waals surface area contributed by atoms with Crippen LogP contribution < -0.4 is 16.6 Å². The number of rotatable bonds is 4. The summed E-state index contributed by atoms with van der Waals surface area (Å²) >= 11 is 0. The summed E-state index contributed by atoms with van der Waals surface area (Å²) in [6, 6.07) is 5.19. The van der Waals surface area contributed by atoms with E-state index in [1.165, 1.54) is 0 Å². The molecule has 0 atom stereocenters. The van der Waals surface area contributed by atoms with Gasteiger partial charge in [0.2, 0.25) is 0 Å². The topological polar surface area (TPSA) is 97.9 Å². The summed E-state index contributed by atoms with van der Waals surface area (Å²) in [6.45, 7) is 5.89. The van der Waals surface area contributed by atoms with Crippen LogP contribution in [0.1, 0.15) is 41.5 Å². The molecule has 7 nitrogen and oxygen atoms in total. The normalized spacial score (nSPS) is 10.8. The van der Waals surface area contributed by atoms with Crippen molar-refractivity contribution in [2.24, 2.45) is 12.9 Å². The van der Waals surface area contributed by atoms with Gasteiger partial charge in [0.15, 0.2) is 0 Å². The zero-order valence-electron chi connectivity index (χ0n) is 12.6. The number of hydrazine groups is 1. The van der Waals surface area contributed by atoms with Crippen LogP contribution >= 0.6 is 0 Å². The maximum atomic E-state index is 12.4. The summed E-state index contributed by atoms with van der Waals surface area (Å²) in [5, 5.41) is 7.02. The lowest BCUT2D eigenvalue weighted by Crippen LogP contribution is -2.17. The molecule has 21 heavy (non-hydrogen) atoms. The maximum absolute atomic E-state index is 12.4. The number of amides is 1. The van der Waals surface area contributed by atoms with Crippen LogP contribution in [0.5, 0.6) is 0 Å². The smallest absolute Gasteiger partial charge is 0.257 e. The van der Waals surface area contributed by atoms with Crippen molar-refractivity contribution in [2.75, 3.05) is 10.7 Å². The van der Waals surface area contributed by atoms with Crippen molar-refractivity contribution >= 4 is 17.5 Å². The SMILES string of the molecule is Cc1cc(NC(=O)c2cc(NN)nc(C(C)C)c2)n(C)n1. The number of aromatic nitrogens is 3. The van der Waals surface area contributed by atoms with Gasteiger partial charge >= 0.3 is 0 Å². The molecule has 0 bridgehead atoms. The quantitative estimate of drug-likeness (QED) is 0.588. The number of carbonyl (C=O) groups excluding carboxylic acids is 1. The average Bonchev–Trinajstić information content (AvgIpc) is 2.76. The number of nitrogens with one attached hydrogen (secondary N) is 2. The van der Waals surface area contributed by atoms with Crippen LogP contribution in [0.15, 0.2) is 18.2 Å². The molecule has 2 aromatic heterocycles. The molecular formula is C14H20N6O. The Morgan fingerprint density at radius 3 is 2.57 bits per heavy atom. The molecule has 1 amide bonds. The van der Waals surface area contributed by atoms with Crippen LogP contribution in [0.2, 0.25) is 0 Å². The minimum atomic E-state index is -0.223. The summed E-state index contributed by atoms with van der Waals surface area (Å²) in [4.78, 5) is 16.7. The van der Waals surface area contributed by atoms with Gasteiger partial charge in [-0.3, -0.25) is 9.48 Å². The molecule has 0 aliphatic carbocycles. The Kier molecular flexibility index (Phi) is 4.23. The van der Waals surface area contributed by atoms with Gasteiger partial charge in [0.1, 0.15) is 11.6 Å². The molecule has 0 spiro atoms. The van der Waals surface area contributed by atoms with Crippen LogP contribution in [0.3, 0.4) is 0 Å². The van der Waals surface area contributed by atoms with Gasteiger partial charge in [-0.2, -0.15) is 5.10 Å². The highest BCUT2D eigenvalue weighted by molar-refractivity contribution is 6.04. The zero-order chi connectivity index (χ0) is 15.6. The van der Waals surface area contributed by atoms with Crippen molar-refractivity contribution in [3.8, 4) is 0 Å². The van der Waals surface area contributed by atoms with Crippen molar-refractivity contribution in [3.63, 3.8) is 0 Å². The fourth-order valence-corrected chi connectivity index (χ4v) is 1.97. The summed E-state index contributed by atoms with van der Waals surface area (Å²) < 4.78 is 1.62. The molecule has 2 heterocycles. The number of nitrogen functional groups attached to an aromatic ring is 1. The lowest BCUT2D eigenvalue weighted by atomic mass is 10.1. The summed E-state index contributed by atoms with van der Waals surface area (Å²) in [5.74, 6) is 6.49. The Hall–Kier alpha value is -2.41. The first kappa shape index (κ1) is 15.0. The third kappa shape index (κ3) is 3.38. The molecule has 0 aliphatic rings. The summed E-state index contributed by atoms with van der Waals surface area (Å²) in [5.41, 5.74) is 4.63. The Morgan fingerprint density at radius 2 is 2.05 bits per heavy atom.